The summed E-state index contributed by atoms with van der Waals surface area (Å²) in [6, 6.07) is 29.4. The normalized spacial score (nSPS) is 10.5. The van der Waals surface area contributed by atoms with E-state index in [2.05, 4.69) is 4.98 Å². The first-order valence-corrected chi connectivity index (χ1v) is 8.86. The predicted molar refractivity (Wildman–Crippen MR) is 107 cm³/mol. The van der Waals surface area contributed by atoms with Crippen molar-refractivity contribution in [1.29, 1.82) is 0 Å². The summed E-state index contributed by atoms with van der Waals surface area (Å²) in [5.41, 5.74) is 5.06. The van der Waals surface area contributed by atoms with Crippen LogP contribution in [0.2, 0.25) is 0 Å². The standard InChI is InChI=1S/C24H19NO2/c26-24(27-17-18-10-4-1-5-11-18)22-21(19-12-6-2-7-13-19)16-25-23(22)20-14-8-3-9-15-20/h1-16,25H,17H2. The predicted octanol–water partition coefficient (Wildman–Crippen LogP) is 5.71. The third kappa shape index (κ3) is 3.67. The molecule has 1 N–H and O–H groups in total. The van der Waals surface area contributed by atoms with Crippen LogP contribution in [0.4, 0.5) is 0 Å². The van der Waals surface area contributed by atoms with Gasteiger partial charge in [0.25, 0.3) is 0 Å². The van der Waals surface area contributed by atoms with Gasteiger partial charge < -0.3 is 9.72 Å². The molecule has 0 amide bonds. The van der Waals surface area contributed by atoms with Crippen molar-refractivity contribution >= 4 is 5.97 Å². The third-order valence-electron chi connectivity index (χ3n) is 4.44. The molecule has 3 nitrogen and oxygen atoms in total. The summed E-state index contributed by atoms with van der Waals surface area (Å²) in [6.07, 6.45) is 1.87. The summed E-state index contributed by atoms with van der Waals surface area (Å²) in [7, 11) is 0. The Morgan fingerprint density at radius 1 is 0.741 bits per heavy atom. The molecule has 0 fully saturated rings. The molecule has 0 atom stereocenters. The monoisotopic (exact) mass is 353 g/mol. The highest BCUT2D eigenvalue weighted by molar-refractivity contribution is 6.03. The van der Waals surface area contributed by atoms with Crippen LogP contribution in [0, 0.1) is 0 Å². The Balaban J connectivity index is 1.72. The van der Waals surface area contributed by atoms with Gasteiger partial charge in [-0.2, -0.15) is 0 Å². The molecule has 0 spiro atoms. The SMILES string of the molecule is O=C(OCc1ccccc1)c1c(-c2ccccc2)c[nH]c1-c1ccccc1. The number of ether oxygens (including phenoxy) is 1. The van der Waals surface area contributed by atoms with Crippen LogP contribution in [0.5, 0.6) is 0 Å². The number of H-pyrrole nitrogens is 1. The van der Waals surface area contributed by atoms with E-state index < -0.39 is 0 Å². The lowest BCUT2D eigenvalue weighted by atomic mass is 10.00. The van der Waals surface area contributed by atoms with Gasteiger partial charge in [0, 0.05) is 11.8 Å². The zero-order chi connectivity index (χ0) is 18.5. The molecule has 0 unspecified atom stereocenters. The van der Waals surface area contributed by atoms with E-state index in [-0.39, 0.29) is 12.6 Å². The van der Waals surface area contributed by atoms with Crippen molar-refractivity contribution in [3.8, 4) is 22.4 Å². The molecule has 1 heterocycles. The molecule has 0 saturated carbocycles. The first-order chi connectivity index (χ1) is 13.3. The Morgan fingerprint density at radius 3 is 1.93 bits per heavy atom. The number of benzene rings is 3. The van der Waals surface area contributed by atoms with Gasteiger partial charge in [-0.05, 0) is 16.7 Å². The van der Waals surface area contributed by atoms with Gasteiger partial charge in [-0.1, -0.05) is 91.0 Å². The second kappa shape index (κ2) is 7.75. The molecule has 0 bridgehead atoms. The van der Waals surface area contributed by atoms with Gasteiger partial charge >= 0.3 is 5.97 Å². The molecule has 0 aliphatic rings. The molecule has 4 rings (SSSR count). The zero-order valence-electron chi connectivity index (χ0n) is 14.8. The highest BCUT2D eigenvalue weighted by atomic mass is 16.5. The Kier molecular flexibility index (Phi) is 4.84. The summed E-state index contributed by atoms with van der Waals surface area (Å²) in [5, 5.41) is 0. The average Bonchev–Trinajstić information content (AvgIpc) is 3.19. The van der Waals surface area contributed by atoms with Crippen LogP contribution >= 0.6 is 0 Å². The number of hydrogen-bond acceptors (Lipinski definition) is 2. The van der Waals surface area contributed by atoms with Crippen LogP contribution in [0.3, 0.4) is 0 Å². The Bertz CT molecular complexity index is 965. The minimum atomic E-state index is -0.335. The number of carbonyl (C=O) groups excluding carboxylic acids is 1. The zero-order valence-corrected chi connectivity index (χ0v) is 14.8. The molecule has 1 aromatic heterocycles. The van der Waals surface area contributed by atoms with E-state index in [1.807, 2.05) is 97.2 Å². The van der Waals surface area contributed by atoms with Gasteiger partial charge in [0.1, 0.15) is 6.61 Å². The summed E-state index contributed by atoms with van der Waals surface area (Å²) < 4.78 is 5.64. The van der Waals surface area contributed by atoms with Gasteiger partial charge in [-0.15, -0.1) is 0 Å². The summed E-state index contributed by atoms with van der Waals surface area (Å²) >= 11 is 0. The second-order valence-electron chi connectivity index (χ2n) is 6.25. The van der Waals surface area contributed by atoms with Gasteiger partial charge in [0.2, 0.25) is 0 Å². The van der Waals surface area contributed by atoms with E-state index in [0.29, 0.717) is 5.56 Å². The maximum absolute atomic E-state index is 13.0. The van der Waals surface area contributed by atoms with E-state index in [1.165, 1.54) is 0 Å². The molecule has 0 aliphatic heterocycles. The van der Waals surface area contributed by atoms with E-state index in [4.69, 9.17) is 4.74 Å². The fourth-order valence-electron chi connectivity index (χ4n) is 3.11. The van der Waals surface area contributed by atoms with Crippen LogP contribution < -0.4 is 0 Å². The number of rotatable bonds is 5. The first kappa shape index (κ1) is 16.9. The van der Waals surface area contributed by atoms with E-state index in [9.17, 15) is 4.79 Å². The minimum Gasteiger partial charge on any atom is -0.457 e. The smallest absolute Gasteiger partial charge is 0.341 e. The minimum absolute atomic E-state index is 0.243. The average molecular weight is 353 g/mol. The fourth-order valence-corrected chi connectivity index (χ4v) is 3.11. The topological polar surface area (TPSA) is 42.1 Å². The lowest BCUT2D eigenvalue weighted by molar-refractivity contribution is 0.0475. The number of esters is 1. The Morgan fingerprint density at radius 2 is 1.30 bits per heavy atom. The van der Waals surface area contributed by atoms with Crippen molar-refractivity contribution in [3.05, 3.63) is 108 Å². The van der Waals surface area contributed by atoms with Crippen molar-refractivity contribution in [3.63, 3.8) is 0 Å². The summed E-state index contributed by atoms with van der Waals surface area (Å²) in [6.45, 7) is 0.243. The van der Waals surface area contributed by atoms with Crippen LogP contribution in [-0.2, 0) is 11.3 Å². The maximum Gasteiger partial charge on any atom is 0.341 e. The van der Waals surface area contributed by atoms with Crippen molar-refractivity contribution in [1.82, 2.24) is 4.98 Å². The van der Waals surface area contributed by atoms with Gasteiger partial charge in [0.15, 0.2) is 0 Å². The molecule has 3 aromatic carbocycles. The van der Waals surface area contributed by atoms with Crippen LogP contribution in [-0.4, -0.2) is 11.0 Å². The number of hydrogen-bond donors (Lipinski definition) is 1. The van der Waals surface area contributed by atoms with E-state index in [0.717, 1.165) is 27.9 Å². The number of aromatic amines is 1. The lowest BCUT2D eigenvalue weighted by Crippen LogP contribution is -2.07. The molecule has 0 aliphatic carbocycles. The third-order valence-corrected chi connectivity index (χ3v) is 4.44. The number of carbonyl (C=O) groups is 1. The second-order valence-corrected chi connectivity index (χ2v) is 6.25. The molecular weight excluding hydrogens is 334 g/mol. The van der Waals surface area contributed by atoms with Crippen molar-refractivity contribution in [2.24, 2.45) is 0 Å². The van der Waals surface area contributed by atoms with Gasteiger partial charge in [-0.25, -0.2) is 4.79 Å². The molecule has 0 radical (unpaired) electrons. The Hall–Kier alpha value is -3.59. The van der Waals surface area contributed by atoms with Crippen molar-refractivity contribution < 1.29 is 9.53 Å². The molecular formula is C24H19NO2. The quantitative estimate of drug-likeness (QED) is 0.467. The highest BCUT2D eigenvalue weighted by Crippen LogP contribution is 2.33. The van der Waals surface area contributed by atoms with Gasteiger partial charge in [0.05, 0.1) is 11.3 Å². The van der Waals surface area contributed by atoms with Crippen LogP contribution in [0.25, 0.3) is 22.4 Å². The largest absolute Gasteiger partial charge is 0.457 e. The number of aromatic nitrogens is 1. The van der Waals surface area contributed by atoms with E-state index >= 15 is 0 Å². The van der Waals surface area contributed by atoms with E-state index in [1.54, 1.807) is 0 Å². The summed E-state index contributed by atoms with van der Waals surface area (Å²) in [4.78, 5) is 16.3. The van der Waals surface area contributed by atoms with Crippen LogP contribution in [0.15, 0.2) is 97.2 Å². The summed E-state index contributed by atoms with van der Waals surface area (Å²) in [5.74, 6) is -0.335. The molecule has 0 saturated heterocycles. The molecule has 4 aromatic rings. The van der Waals surface area contributed by atoms with Crippen LogP contribution in [0.1, 0.15) is 15.9 Å². The lowest BCUT2D eigenvalue weighted by Gasteiger charge is -2.09. The maximum atomic E-state index is 13.0. The van der Waals surface area contributed by atoms with Crippen molar-refractivity contribution in [2.45, 2.75) is 6.61 Å². The van der Waals surface area contributed by atoms with Crippen molar-refractivity contribution in [2.75, 3.05) is 0 Å². The fraction of sp³-hybridized carbons (Fsp3) is 0.0417. The number of nitrogens with one attached hydrogen (secondary N) is 1. The molecule has 3 heteroatoms. The van der Waals surface area contributed by atoms with Gasteiger partial charge in [-0.3, -0.25) is 0 Å². The first-order valence-electron chi connectivity index (χ1n) is 8.86. The Labute approximate surface area is 158 Å². The highest BCUT2D eigenvalue weighted by Gasteiger charge is 2.22. The molecule has 132 valence electrons. The molecule has 27 heavy (non-hydrogen) atoms.